The Morgan fingerprint density at radius 2 is 1.85 bits per heavy atom. The first kappa shape index (κ1) is 14.4. The van der Waals surface area contributed by atoms with E-state index in [0.717, 1.165) is 25.3 Å². The van der Waals surface area contributed by atoms with Crippen LogP contribution in [0.5, 0.6) is 0 Å². The van der Waals surface area contributed by atoms with Gasteiger partial charge in [0.25, 0.3) is 0 Å². The predicted molar refractivity (Wildman–Crippen MR) is 81.5 cm³/mol. The van der Waals surface area contributed by atoms with Crippen LogP contribution in [0.3, 0.4) is 0 Å². The van der Waals surface area contributed by atoms with Gasteiger partial charge in [-0.1, -0.05) is 26.2 Å². The maximum atomic E-state index is 12.8. The van der Waals surface area contributed by atoms with Crippen LogP contribution in [0.25, 0.3) is 0 Å². The van der Waals surface area contributed by atoms with Crippen molar-refractivity contribution < 1.29 is 4.79 Å². The fraction of sp³-hybridized carbons (Fsp3) is 0.941. The molecule has 1 N–H and O–H groups in total. The van der Waals surface area contributed by atoms with Crippen LogP contribution in [0.4, 0.5) is 0 Å². The van der Waals surface area contributed by atoms with Gasteiger partial charge in [-0.3, -0.25) is 4.79 Å². The van der Waals surface area contributed by atoms with Crippen molar-refractivity contribution in [2.24, 2.45) is 5.92 Å². The van der Waals surface area contributed by atoms with Gasteiger partial charge in [0.2, 0.25) is 5.91 Å². The minimum atomic E-state index is 0.119. The Bertz CT molecular complexity index is 334. The van der Waals surface area contributed by atoms with Crippen molar-refractivity contribution in [2.45, 2.75) is 89.3 Å². The number of hydrogen-bond donors (Lipinski definition) is 1. The average Bonchev–Trinajstić information content (AvgIpc) is 3.29. The van der Waals surface area contributed by atoms with Gasteiger partial charge >= 0.3 is 0 Å². The molecule has 3 fully saturated rings. The Labute approximate surface area is 123 Å². The van der Waals surface area contributed by atoms with Gasteiger partial charge in [-0.25, -0.2) is 0 Å². The van der Waals surface area contributed by atoms with E-state index in [4.69, 9.17) is 0 Å². The van der Waals surface area contributed by atoms with Gasteiger partial charge in [0.15, 0.2) is 0 Å². The maximum absolute atomic E-state index is 12.8. The lowest BCUT2D eigenvalue weighted by molar-refractivity contribution is -0.140. The van der Waals surface area contributed by atoms with E-state index in [0.29, 0.717) is 18.0 Å². The molecule has 2 unspecified atom stereocenters. The molecule has 1 aliphatic heterocycles. The lowest BCUT2D eigenvalue weighted by Gasteiger charge is -2.42. The molecule has 2 aliphatic carbocycles. The first-order valence-corrected chi connectivity index (χ1v) is 8.86. The number of carbonyl (C=O) groups is 1. The Hall–Kier alpha value is -0.570. The number of nitrogens with zero attached hydrogens (tertiary/aromatic N) is 1. The SMILES string of the molecule is CCC(C1CCCCC1)N1CCCC(NC2CC2)C1=O. The van der Waals surface area contributed by atoms with E-state index in [-0.39, 0.29) is 6.04 Å². The molecule has 3 nitrogen and oxygen atoms in total. The van der Waals surface area contributed by atoms with Crippen LogP contribution in [0, 0.1) is 5.92 Å². The van der Waals surface area contributed by atoms with Crippen molar-refractivity contribution in [3.63, 3.8) is 0 Å². The highest BCUT2D eigenvalue weighted by atomic mass is 16.2. The van der Waals surface area contributed by atoms with Crippen molar-refractivity contribution >= 4 is 5.91 Å². The molecule has 3 aliphatic rings. The molecule has 0 aromatic rings. The molecule has 0 spiro atoms. The number of carbonyl (C=O) groups excluding carboxylic acids is 1. The van der Waals surface area contributed by atoms with Gasteiger partial charge < -0.3 is 10.2 Å². The zero-order valence-electron chi connectivity index (χ0n) is 12.9. The van der Waals surface area contributed by atoms with Gasteiger partial charge in [0.05, 0.1) is 6.04 Å². The van der Waals surface area contributed by atoms with Crippen LogP contribution in [0.2, 0.25) is 0 Å². The molecular formula is C17H30N2O. The van der Waals surface area contributed by atoms with E-state index in [2.05, 4.69) is 17.1 Å². The summed E-state index contributed by atoms with van der Waals surface area (Å²) in [5.41, 5.74) is 0. The third-order valence-electron chi connectivity index (χ3n) is 5.50. The smallest absolute Gasteiger partial charge is 0.239 e. The van der Waals surface area contributed by atoms with Gasteiger partial charge in [-0.05, 0) is 50.9 Å². The number of likely N-dealkylation sites (tertiary alicyclic amines) is 1. The van der Waals surface area contributed by atoms with E-state index in [1.165, 1.54) is 51.4 Å². The highest BCUT2D eigenvalue weighted by Crippen LogP contribution is 2.32. The van der Waals surface area contributed by atoms with Crippen LogP contribution in [0.1, 0.15) is 71.1 Å². The van der Waals surface area contributed by atoms with Crippen molar-refractivity contribution in [1.29, 1.82) is 0 Å². The number of amides is 1. The van der Waals surface area contributed by atoms with Crippen molar-refractivity contribution in [2.75, 3.05) is 6.54 Å². The lowest BCUT2D eigenvalue weighted by Crippen LogP contribution is -2.56. The summed E-state index contributed by atoms with van der Waals surface area (Å²) < 4.78 is 0. The van der Waals surface area contributed by atoms with Crippen LogP contribution in [-0.4, -0.2) is 35.5 Å². The number of rotatable bonds is 5. The fourth-order valence-corrected chi connectivity index (χ4v) is 4.25. The van der Waals surface area contributed by atoms with E-state index in [1.807, 2.05) is 0 Å². The molecule has 0 aromatic carbocycles. The second-order valence-corrected chi connectivity index (χ2v) is 7.04. The zero-order chi connectivity index (χ0) is 13.9. The molecule has 2 atom stereocenters. The summed E-state index contributed by atoms with van der Waals surface area (Å²) in [5.74, 6) is 1.16. The zero-order valence-corrected chi connectivity index (χ0v) is 12.9. The molecular weight excluding hydrogens is 248 g/mol. The van der Waals surface area contributed by atoms with Crippen LogP contribution < -0.4 is 5.32 Å². The molecule has 0 aromatic heterocycles. The third kappa shape index (κ3) is 3.19. The molecule has 20 heavy (non-hydrogen) atoms. The second kappa shape index (κ2) is 6.46. The van der Waals surface area contributed by atoms with Crippen LogP contribution in [0.15, 0.2) is 0 Å². The number of hydrogen-bond acceptors (Lipinski definition) is 2. The summed E-state index contributed by atoms with van der Waals surface area (Å²) in [7, 11) is 0. The maximum Gasteiger partial charge on any atom is 0.239 e. The highest BCUT2D eigenvalue weighted by molar-refractivity contribution is 5.83. The highest BCUT2D eigenvalue weighted by Gasteiger charge is 2.38. The quantitative estimate of drug-likeness (QED) is 0.838. The topological polar surface area (TPSA) is 32.3 Å². The summed E-state index contributed by atoms with van der Waals surface area (Å²) in [6, 6.07) is 1.26. The van der Waals surface area contributed by atoms with E-state index in [9.17, 15) is 4.79 Å². The predicted octanol–water partition coefficient (Wildman–Crippen LogP) is 3.09. The summed E-state index contributed by atoms with van der Waals surface area (Å²) in [5, 5.41) is 3.56. The molecule has 2 saturated carbocycles. The third-order valence-corrected chi connectivity index (χ3v) is 5.50. The first-order chi connectivity index (χ1) is 9.79. The molecule has 1 saturated heterocycles. The Kier molecular flexibility index (Phi) is 4.65. The summed E-state index contributed by atoms with van der Waals surface area (Å²) in [6.45, 7) is 3.27. The first-order valence-electron chi connectivity index (χ1n) is 8.86. The Balaban J connectivity index is 1.64. The molecule has 3 heteroatoms. The normalized spacial score (nSPS) is 30.6. The van der Waals surface area contributed by atoms with Crippen molar-refractivity contribution in [1.82, 2.24) is 10.2 Å². The molecule has 114 valence electrons. The van der Waals surface area contributed by atoms with Crippen LogP contribution >= 0.6 is 0 Å². The number of nitrogens with one attached hydrogen (secondary N) is 1. The van der Waals surface area contributed by atoms with E-state index < -0.39 is 0 Å². The molecule has 1 amide bonds. The lowest BCUT2D eigenvalue weighted by atomic mass is 9.81. The average molecular weight is 278 g/mol. The summed E-state index contributed by atoms with van der Waals surface area (Å²) in [6.07, 6.45) is 12.7. The van der Waals surface area contributed by atoms with E-state index in [1.54, 1.807) is 0 Å². The van der Waals surface area contributed by atoms with Gasteiger partial charge in [0, 0.05) is 18.6 Å². The van der Waals surface area contributed by atoms with Gasteiger partial charge in [-0.15, -0.1) is 0 Å². The van der Waals surface area contributed by atoms with Gasteiger partial charge in [0.1, 0.15) is 0 Å². The van der Waals surface area contributed by atoms with E-state index >= 15 is 0 Å². The minimum absolute atomic E-state index is 0.119. The summed E-state index contributed by atoms with van der Waals surface area (Å²) in [4.78, 5) is 15.0. The summed E-state index contributed by atoms with van der Waals surface area (Å²) >= 11 is 0. The minimum Gasteiger partial charge on any atom is -0.338 e. The molecule has 1 heterocycles. The monoisotopic (exact) mass is 278 g/mol. The van der Waals surface area contributed by atoms with Crippen molar-refractivity contribution in [3.05, 3.63) is 0 Å². The fourth-order valence-electron chi connectivity index (χ4n) is 4.25. The number of piperidine rings is 1. The van der Waals surface area contributed by atoms with Gasteiger partial charge in [-0.2, -0.15) is 0 Å². The molecule has 0 radical (unpaired) electrons. The second-order valence-electron chi connectivity index (χ2n) is 7.04. The Morgan fingerprint density at radius 3 is 2.50 bits per heavy atom. The van der Waals surface area contributed by atoms with Crippen LogP contribution in [-0.2, 0) is 4.79 Å². The largest absolute Gasteiger partial charge is 0.338 e. The van der Waals surface area contributed by atoms with Crippen molar-refractivity contribution in [3.8, 4) is 0 Å². The Morgan fingerprint density at radius 1 is 1.10 bits per heavy atom. The standard InChI is InChI=1S/C17H30N2O/c1-2-16(13-7-4-3-5-8-13)19-12-6-9-15(17(19)20)18-14-10-11-14/h13-16,18H,2-12H2,1H3. The molecule has 3 rings (SSSR count). The molecule has 0 bridgehead atoms.